The van der Waals surface area contributed by atoms with Crippen molar-refractivity contribution in [1.82, 2.24) is 15.2 Å². The fraction of sp³-hybridized carbons (Fsp3) is 0.400. The van der Waals surface area contributed by atoms with Gasteiger partial charge in [0.15, 0.2) is 0 Å². The van der Waals surface area contributed by atoms with Gasteiger partial charge >= 0.3 is 5.97 Å². The smallest absolute Gasteiger partial charge is 0.340 e. The third-order valence-corrected chi connectivity index (χ3v) is 3.41. The Hall–Kier alpha value is -2.57. The first-order chi connectivity index (χ1) is 10.4. The highest BCUT2D eigenvalue weighted by molar-refractivity contribution is 5.76. The molecule has 1 aromatic heterocycles. The predicted octanol–water partition coefficient (Wildman–Crippen LogP) is 1.95. The van der Waals surface area contributed by atoms with Gasteiger partial charge in [-0.05, 0) is 49.7 Å². The molecule has 0 saturated heterocycles. The highest BCUT2D eigenvalue weighted by atomic mass is 16.7. The van der Waals surface area contributed by atoms with Crippen LogP contribution in [0.15, 0.2) is 30.5 Å². The van der Waals surface area contributed by atoms with Crippen LogP contribution in [0.25, 0.3) is 0 Å². The lowest BCUT2D eigenvalue weighted by atomic mass is 9.91. The number of rotatable bonds is 6. The first kappa shape index (κ1) is 15.8. The summed E-state index contributed by atoms with van der Waals surface area (Å²) < 4.78 is 5.54. The Bertz CT molecular complexity index is 634. The Labute approximate surface area is 128 Å². The Balaban J connectivity index is 2.00. The molecule has 1 aromatic carbocycles. The van der Waals surface area contributed by atoms with Crippen molar-refractivity contribution in [1.29, 1.82) is 0 Å². The summed E-state index contributed by atoms with van der Waals surface area (Å²) in [5.74, 6) is 0.354. The van der Waals surface area contributed by atoms with E-state index in [1.165, 1.54) is 18.3 Å². The zero-order chi connectivity index (χ0) is 16.2. The van der Waals surface area contributed by atoms with Crippen molar-refractivity contribution in [3.8, 4) is 11.5 Å². The molecular formula is C15H19N3O4. The standard InChI is InChI=1S/C15H19N3O4/c1-4-15(2,3)14(20)22-18-11(9-16-17-18)10-21-13-7-5-12(19)6-8-13/h5-9,19H,4,10H2,1-3H3. The summed E-state index contributed by atoms with van der Waals surface area (Å²) in [6, 6.07) is 6.31. The number of aromatic nitrogens is 3. The molecule has 0 aliphatic rings. The van der Waals surface area contributed by atoms with Gasteiger partial charge in [0.1, 0.15) is 23.8 Å². The quantitative estimate of drug-likeness (QED) is 0.821. The number of carbonyl (C=O) groups is 1. The van der Waals surface area contributed by atoms with Crippen LogP contribution in [-0.2, 0) is 11.4 Å². The molecule has 1 heterocycles. The maximum absolute atomic E-state index is 12.0. The molecule has 0 bridgehead atoms. The minimum absolute atomic E-state index is 0.137. The lowest BCUT2D eigenvalue weighted by molar-refractivity contribution is -0.157. The molecule has 0 amide bonds. The maximum atomic E-state index is 12.0. The van der Waals surface area contributed by atoms with E-state index in [4.69, 9.17) is 9.57 Å². The monoisotopic (exact) mass is 305 g/mol. The van der Waals surface area contributed by atoms with E-state index in [1.54, 1.807) is 26.0 Å². The molecule has 118 valence electrons. The van der Waals surface area contributed by atoms with Gasteiger partial charge in [-0.3, -0.25) is 0 Å². The molecule has 1 N–H and O–H groups in total. The largest absolute Gasteiger partial charge is 0.508 e. The fourth-order valence-corrected chi connectivity index (χ4v) is 1.46. The molecule has 0 aliphatic carbocycles. The number of ether oxygens (including phenoxy) is 1. The second kappa shape index (κ2) is 6.46. The fourth-order valence-electron chi connectivity index (χ4n) is 1.46. The molecule has 0 unspecified atom stereocenters. The van der Waals surface area contributed by atoms with Crippen LogP contribution in [-0.4, -0.2) is 26.2 Å². The molecule has 0 atom stereocenters. The molecule has 7 heteroatoms. The lowest BCUT2D eigenvalue weighted by Gasteiger charge is -2.19. The van der Waals surface area contributed by atoms with Gasteiger partial charge in [0.25, 0.3) is 0 Å². The highest BCUT2D eigenvalue weighted by Crippen LogP contribution is 2.20. The number of phenols is 1. The second-order valence-electron chi connectivity index (χ2n) is 5.50. The molecule has 0 saturated carbocycles. The minimum atomic E-state index is -0.596. The van der Waals surface area contributed by atoms with E-state index in [9.17, 15) is 9.90 Å². The second-order valence-corrected chi connectivity index (χ2v) is 5.50. The number of hydrogen-bond acceptors (Lipinski definition) is 6. The zero-order valence-electron chi connectivity index (χ0n) is 12.8. The molecule has 0 radical (unpaired) electrons. The molecule has 0 fully saturated rings. The molecule has 7 nitrogen and oxygen atoms in total. The van der Waals surface area contributed by atoms with E-state index < -0.39 is 5.41 Å². The minimum Gasteiger partial charge on any atom is -0.508 e. The van der Waals surface area contributed by atoms with Gasteiger partial charge in [-0.25, -0.2) is 4.79 Å². The van der Waals surface area contributed by atoms with E-state index in [2.05, 4.69) is 10.3 Å². The van der Waals surface area contributed by atoms with Crippen LogP contribution in [0.4, 0.5) is 0 Å². The molecule has 22 heavy (non-hydrogen) atoms. The number of aromatic hydroxyl groups is 1. The Morgan fingerprint density at radius 2 is 2.00 bits per heavy atom. The van der Waals surface area contributed by atoms with E-state index >= 15 is 0 Å². The van der Waals surface area contributed by atoms with Gasteiger partial charge in [0.2, 0.25) is 0 Å². The van der Waals surface area contributed by atoms with Crippen molar-refractivity contribution in [2.24, 2.45) is 5.41 Å². The van der Waals surface area contributed by atoms with Crippen molar-refractivity contribution in [2.75, 3.05) is 0 Å². The first-order valence-corrected chi connectivity index (χ1v) is 6.96. The maximum Gasteiger partial charge on any atom is 0.340 e. The topological polar surface area (TPSA) is 86.5 Å². The summed E-state index contributed by atoms with van der Waals surface area (Å²) in [4.78, 5) is 18.4. The van der Waals surface area contributed by atoms with E-state index in [0.29, 0.717) is 17.9 Å². The molecule has 0 spiro atoms. The van der Waals surface area contributed by atoms with Gasteiger partial charge in [-0.2, -0.15) is 0 Å². The number of carbonyl (C=O) groups excluding carboxylic acids is 1. The van der Waals surface area contributed by atoms with Crippen LogP contribution in [0.1, 0.15) is 32.9 Å². The average molecular weight is 305 g/mol. The summed E-state index contributed by atoms with van der Waals surface area (Å²) >= 11 is 0. The SMILES string of the molecule is CCC(C)(C)C(=O)On1nncc1COc1ccc(O)cc1. The Kier molecular flexibility index (Phi) is 4.65. The summed E-state index contributed by atoms with van der Waals surface area (Å²) in [5.41, 5.74) is -0.0885. The lowest BCUT2D eigenvalue weighted by Crippen LogP contribution is -2.34. The van der Waals surface area contributed by atoms with E-state index in [1.807, 2.05) is 6.92 Å². The summed E-state index contributed by atoms with van der Waals surface area (Å²) in [6.45, 7) is 5.66. The van der Waals surface area contributed by atoms with Crippen LogP contribution in [0, 0.1) is 5.41 Å². The van der Waals surface area contributed by atoms with Crippen LogP contribution in [0.5, 0.6) is 11.5 Å². The molecule has 2 rings (SSSR count). The molecular weight excluding hydrogens is 286 g/mol. The van der Waals surface area contributed by atoms with Crippen molar-refractivity contribution in [3.63, 3.8) is 0 Å². The van der Waals surface area contributed by atoms with Crippen LogP contribution >= 0.6 is 0 Å². The highest BCUT2D eigenvalue weighted by Gasteiger charge is 2.29. The Morgan fingerprint density at radius 3 is 2.64 bits per heavy atom. The number of nitrogens with zero attached hydrogens (tertiary/aromatic N) is 3. The van der Waals surface area contributed by atoms with E-state index in [0.717, 1.165) is 4.85 Å². The van der Waals surface area contributed by atoms with Gasteiger partial charge in [0.05, 0.1) is 11.6 Å². The van der Waals surface area contributed by atoms with Gasteiger partial charge < -0.3 is 14.7 Å². The summed E-state index contributed by atoms with van der Waals surface area (Å²) in [6.07, 6.45) is 2.12. The average Bonchev–Trinajstić information content (AvgIpc) is 2.94. The van der Waals surface area contributed by atoms with Crippen molar-refractivity contribution in [2.45, 2.75) is 33.8 Å². The van der Waals surface area contributed by atoms with Gasteiger partial charge in [-0.15, -0.1) is 5.10 Å². The van der Waals surface area contributed by atoms with Gasteiger partial charge in [-0.1, -0.05) is 11.8 Å². The van der Waals surface area contributed by atoms with Crippen molar-refractivity contribution < 1.29 is 19.5 Å². The zero-order valence-corrected chi connectivity index (χ0v) is 12.8. The normalized spacial score (nSPS) is 11.2. The summed E-state index contributed by atoms with van der Waals surface area (Å²) in [5, 5.41) is 16.7. The molecule has 0 aliphatic heterocycles. The van der Waals surface area contributed by atoms with E-state index in [-0.39, 0.29) is 18.3 Å². The third kappa shape index (κ3) is 3.75. The van der Waals surface area contributed by atoms with Crippen molar-refractivity contribution in [3.05, 3.63) is 36.2 Å². The third-order valence-electron chi connectivity index (χ3n) is 3.41. The van der Waals surface area contributed by atoms with Crippen molar-refractivity contribution >= 4 is 5.97 Å². The van der Waals surface area contributed by atoms with Gasteiger partial charge in [0, 0.05) is 0 Å². The molecule has 2 aromatic rings. The Morgan fingerprint density at radius 1 is 1.32 bits per heavy atom. The summed E-state index contributed by atoms with van der Waals surface area (Å²) in [7, 11) is 0. The first-order valence-electron chi connectivity index (χ1n) is 6.96. The number of benzene rings is 1. The van der Waals surface area contributed by atoms with Crippen LogP contribution in [0.3, 0.4) is 0 Å². The predicted molar refractivity (Wildman–Crippen MR) is 78.1 cm³/mol. The number of hydrogen-bond donors (Lipinski definition) is 1. The van der Waals surface area contributed by atoms with Crippen LogP contribution < -0.4 is 9.57 Å². The van der Waals surface area contributed by atoms with Crippen LogP contribution in [0.2, 0.25) is 0 Å². The number of phenolic OH excluding ortho intramolecular Hbond substituents is 1.